The van der Waals surface area contributed by atoms with E-state index in [1.54, 1.807) is 0 Å². The average Bonchev–Trinajstić information content (AvgIpc) is 3.53. The molecule has 35 heavy (non-hydrogen) atoms. The number of likely N-dealkylation sites (tertiary alicyclic amines) is 1. The lowest BCUT2D eigenvalue weighted by atomic mass is 9.68. The van der Waals surface area contributed by atoms with Crippen LogP contribution in [0, 0.1) is 5.92 Å². The Bertz CT molecular complexity index is 977. The van der Waals surface area contributed by atoms with Gasteiger partial charge in [-0.15, -0.1) is 0 Å². The van der Waals surface area contributed by atoms with Gasteiger partial charge in [-0.3, -0.25) is 19.4 Å². The lowest BCUT2D eigenvalue weighted by molar-refractivity contribution is -0.144. The van der Waals surface area contributed by atoms with Gasteiger partial charge in [-0.2, -0.15) is 0 Å². The maximum atomic E-state index is 13.8. The molecule has 4 amide bonds. The zero-order valence-corrected chi connectivity index (χ0v) is 21.8. The summed E-state index contributed by atoms with van der Waals surface area (Å²) in [6, 6.07) is 10.9. The molecule has 1 spiro atoms. The fourth-order valence-corrected chi connectivity index (χ4v) is 6.92. The van der Waals surface area contributed by atoms with Gasteiger partial charge in [-0.1, -0.05) is 30.3 Å². The number of imide groups is 1. The normalized spacial score (nSPS) is 29.9. The van der Waals surface area contributed by atoms with Gasteiger partial charge in [0.25, 0.3) is 0 Å². The Balaban J connectivity index is 1.39. The van der Waals surface area contributed by atoms with E-state index in [2.05, 4.69) is 54.2 Å². The van der Waals surface area contributed by atoms with E-state index in [4.69, 9.17) is 0 Å². The Labute approximate surface area is 209 Å². The number of nitrogens with zero attached hydrogens (tertiary/aromatic N) is 4. The van der Waals surface area contributed by atoms with Crippen LogP contribution in [-0.4, -0.2) is 82.3 Å². The van der Waals surface area contributed by atoms with E-state index in [1.165, 1.54) is 23.3 Å². The van der Waals surface area contributed by atoms with Crippen LogP contribution >= 0.6 is 0 Å². The lowest BCUT2D eigenvalue weighted by Gasteiger charge is -2.51. The molecule has 2 aliphatic carbocycles. The van der Waals surface area contributed by atoms with Gasteiger partial charge in [0.05, 0.1) is 11.1 Å². The molecule has 0 atom stereocenters. The second kappa shape index (κ2) is 8.61. The fraction of sp³-hybridized carbons (Fsp3) is 0.679. The smallest absolute Gasteiger partial charge is 0.320 e. The highest BCUT2D eigenvalue weighted by Gasteiger charge is 2.56. The second-order valence-electron chi connectivity index (χ2n) is 12.1. The van der Waals surface area contributed by atoms with Crippen LogP contribution in [0.3, 0.4) is 0 Å². The van der Waals surface area contributed by atoms with E-state index in [0.29, 0.717) is 19.0 Å². The average molecular weight is 481 g/mol. The third kappa shape index (κ3) is 4.15. The van der Waals surface area contributed by atoms with E-state index in [9.17, 15) is 14.4 Å². The second-order valence-corrected chi connectivity index (χ2v) is 12.1. The molecule has 0 aromatic heterocycles. The molecule has 7 heteroatoms. The van der Waals surface area contributed by atoms with Crippen molar-refractivity contribution in [1.82, 2.24) is 19.6 Å². The number of benzene rings is 1. The van der Waals surface area contributed by atoms with Gasteiger partial charge < -0.3 is 9.80 Å². The van der Waals surface area contributed by atoms with Crippen molar-refractivity contribution in [3.63, 3.8) is 0 Å². The van der Waals surface area contributed by atoms with Crippen LogP contribution < -0.4 is 0 Å². The maximum absolute atomic E-state index is 13.8. The topological polar surface area (TPSA) is 64.2 Å². The largest absolute Gasteiger partial charge is 0.320 e. The highest BCUT2D eigenvalue weighted by molar-refractivity contribution is 6.02. The Morgan fingerprint density at radius 3 is 2.09 bits per heavy atom. The summed E-state index contributed by atoms with van der Waals surface area (Å²) in [5, 5.41) is 0. The molecule has 1 aromatic rings. The van der Waals surface area contributed by atoms with E-state index in [-0.39, 0.29) is 41.8 Å². The van der Waals surface area contributed by atoms with Crippen LogP contribution in [0.1, 0.15) is 70.8 Å². The van der Waals surface area contributed by atoms with Crippen LogP contribution in [0.25, 0.3) is 0 Å². The summed E-state index contributed by atoms with van der Waals surface area (Å²) in [6.45, 7) is 5.74. The summed E-state index contributed by atoms with van der Waals surface area (Å²) in [7, 11) is 4.34. The summed E-state index contributed by atoms with van der Waals surface area (Å²) in [6.07, 6.45) is 6.87. The molecular formula is C28H40N4O3. The van der Waals surface area contributed by atoms with Gasteiger partial charge in [0.2, 0.25) is 11.8 Å². The Morgan fingerprint density at radius 1 is 0.943 bits per heavy atom. The number of urea groups is 1. The molecule has 4 fully saturated rings. The van der Waals surface area contributed by atoms with Crippen molar-refractivity contribution < 1.29 is 14.4 Å². The molecule has 1 aromatic carbocycles. The molecule has 0 bridgehead atoms. The van der Waals surface area contributed by atoms with Gasteiger partial charge in [-0.05, 0) is 77.9 Å². The van der Waals surface area contributed by atoms with Crippen LogP contribution in [0.2, 0.25) is 0 Å². The van der Waals surface area contributed by atoms with Crippen LogP contribution in [0.15, 0.2) is 30.3 Å². The molecule has 0 unspecified atom stereocenters. The minimum absolute atomic E-state index is 0.0259. The molecule has 2 saturated heterocycles. The number of amides is 4. The number of rotatable bonds is 7. The lowest BCUT2D eigenvalue weighted by Crippen LogP contribution is -2.56. The van der Waals surface area contributed by atoms with Crippen molar-refractivity contribution in [3.05, 3.63) is 35.9 Å². The predicted molar refractivity (Wildman–Crippen MR) is 135 cm³/mol. The first-order valence-corrected chi connectivity index (χ1v) is 13.2. The summed E-state index contributed by atoms with van der Waals surface area (Å²) < 4.78 is 0. The highest BCUT2D eigenvalue weighted by Crippen LogP contribution is 2.50. The van der Waals surface area contributed by atoms with Gasteiger partial charge in [-0.25, -0.2) is 4.79 Å². The van der Waals surface area contributed by atoms with Crippen molar-refractivity contribution >= 4 is 17.8 Å². The molecule has 0 N–H and O–H groups in total. The monoisotopic (exact) mass is 480 g/mol. The molecule has 2 heterocycles. The van der Waals surface area contributed by atoms with Crippen molar-refractivity contribution in [3.8, 4) is 0 Å². The molecule has 4 aliphatic rings. The zero-order valence-electron chi connectivity index (χ0n) is 21.8. The van der Waals surface area contributed by atoms with Crippen molar-refractivity contribution in [1.29, 1.82) is 0 Å². The van der Waals surface area contributed by atoms with Gasteiger partial charge in [0.15, 0.2) is 0 Å². The predicted octanol–water partition coefficient (Wildman–Crippen LogP) is 3.83. The Kier molecular flexibility index (Phi) is 5.98. The third-order valence-corrected chi connectivity index (χ3v) is 9.11. The number of hydrogen-bond acceptors (Lipinski definition) is 4. The molecule has 2 aliphatic heterocycles. The first-order valence-electron chi connectivity index (χ1n) is 13.2. The Hall–Kier alpha value is -2.41. The number of carbonyl (C=O) groups is 3. The minimum Gasteiger partial charge on any atom is -0.320 e. The van der Waals surface area contributed by atoms with E-state index < -0.39 is 5.54 Å². The van der Waals surface area contributed by atoms with E-state index >= 15 is 0 Å². The van der Waals surface area contributed by atoms with E-state index in [1.807, 2.05) is 18.7 Å². The van der Waals surface area contributed by atoms with Crippen molar-refractivity contribution in [2.24, 2.45) is 5.92 Å². The minimum atomic E-state index is -0.705. The molecule has 190 valence electrons. The van der Waals surface area contributed by atoms with Gasteiger partial charge in [0, 0.05) is 38.0 Å². The first kappa shape index (κ1) is 24.3. The van der Waals surface area contributed by atoms with Crippen LogP contribution in [0.5, 0.6) is 0 Å². The van der Waals surface area contributed by atoms with Gasteiger partial charge in [0.1, 0.15) is 0 Å². The quantitative estimate of drug-likeness (QED) is 0.557. The van der Waals surface area contributed by atoms with Crippen LogP contribution in [-0.2, 0) is 15.1 Å². The van der Waals surface area contributed by atoms with Gasteiger partial charge >= 0.3 is 6.03 Å². The molecule has 7 nitrogen and oxygen atoms in total. The van der Waals surface area contributed by atoms with Crippen LogP contribution in [0.4, 0.5) is 4.79 Å². The van der Waals surface area contributed by atoms with Crippen molar-refractivity contribution in [2.75, 3.05) is 33.7 Å². The number of hydrogen-bond donors (Lipinski definition) is 0. The summed E-state index contributed by atoms with van der Waals surface area (Å²) in [5.74, 6) is 0.375. The molecule has 5 rings (SSSR count). The van der Waals surface area contributed by atoms with E-state index in [0.717, 1.165) is 32.2 Å². The number of carbonyl (C=O) groups excluding carboxylic acids is 3. The Morgan fingerprint density at radius 2 is 1.54 bits per heavy atom. The summed E-state index contributed by atoms with van der Waals surface area (Å²) in [5.41, 5.74) is 0.440. The summed E-state index contributed by atoms with van der Waals surface area (Å²) in [4.78, 5) is 46.6. The van der Waals surface area contributed by atoms with Crippen molar-refractivity contribution in [2.45, 2.75) is 81.8 Å². The fourth-order valence-electron chi connectivity index (χ4n) is 6.92. The molecular weight excluding hydrogens is 440 g/mol. The summed E-state index contributed by atoms with van der Waals surface area (Å²) >= 11 is 0. The molecule has 0 radical (unpaired) electrons. The zero-order chi connectivity index (χ0) is 25.0. The molecule has 2 saturated carbocycles. The maximum Gasteiger partial charge on any atom is 0.320 e. The SMILES string of the molecule is CN(C)[C@]1(c2ccccc2)CC[C@]2(CC1)CN(CC(C)(C)N1C(=O)CCC1=O)C(=O)N2CC1CC1. The highest BCUT2D eigenvalue weighted by atomic mass is 16.2. The first-order chi connectivity index (χ1) is 16.6. The third-order valence-electron chi connectivity index (χ3n) is 9.11. The standard InChI is InChI=1S/C28H40N4O3/c1-26(2,32-23(33)12-13-24(32)34)19-30-20-27(31(25(30)35)18-21-10-11-21)14-16-28(17-15-27,29(3)4)22-8-6-5-7-9-22/h5-9,21H,10-20H2,1-4H3/t27-,28+.